The summed E-state index contributed by atoms with van der Waals surface area (Å²) in [4.78, 5) is 39.6. The summed E-state index contributed by atoms with van der Waals surface area (Å²) in [7, 11) is 3.18. The average molecular weight is 383 g/mol. The molecule has 8 heteroatoms. The molecule has 0 aromatic heterocycles. The monoisotopic (exact) mass is 383 g/mol. The first-order valence-corrected chi connectivity index (χ1v) is 8.83. The fraction of sp³-hybridized carbons (Fsp3) is 0.300. The van der Waals surface area contributed by atoms with Gasteiger partial charge in [-0.05, 0) is 18.7 Å². The summed E-state index contributed by atoms with van der Waals surface area (Å²) in [6.45, 7) is 1.81. The normalized spacial score (nSPS) is 17.2. The Kier molecular flexibility index (Phi) is 5.70. The van der Waals surface area contributed by atoms with Gasteiger partial charge in [0, 0.05) is 37.3 Å². The highest BCUT2D eigenvalue weighted by atomic mass is 16.6. The van der Waals surface area contributed by atoms with E-state index in [9.17, 15) is 19.7 Å². The van der Waals surface area contributed by atoms with Crippen LogP contribution in [0.15, 0.2) is 48.5 Å². The van der Waals surface area contributed by atoms with Crippen LogP contribution in [0.25, 0.3) is 0 Å². The SMILES string of the molecule is COC(=O)c1cc(C(=O)N2CCN(C)CC2c2ccccc2)cc([N+](=O)[O-])c1. The average Bonchev–Trinajstić information content (AvgIpc) is 2.72. The quantitative estimate of drug-likeness (QED) is 0.458. The van der Waals surface area contributed by atoms with Gasteiger partial charge >= 0.3 is 5.97 Å². The summed E-state index contributed by atoms with van der Waals surface area (Å²) in [6, 6.07) is 13.1. The number of carbonyl (C=O) groups is 2. The molecular formula is C20H21N3O5. The van der Waals surface area contributed by atoms with Crippen molar-refractivity contribution in [2.24, 2.45) is 0 Å². The van der Waals surface area contributed by atoms with E-state index in [0.717, 1.165) is 11.6 Å². The van der Waals surface area contributed by atoms with Crippen LogP contribution >= 0.6 is 0 Å². The maximum absolute atomic E-state index is 13.3. The molecule has 3 rings (SSSR count). The molecule has 2 aromatic rings. The maximum atomic E-state index is 13.3. The largest absolute Gasteiger partial charge is 0.465 e. The Hall–Kier alpha value is -3.26. The van der Waals surface area contributed by atoms with Gasteiger partial charge in [-0.1, -0.05) is 30.3 Å². The van der Waals surface area contributed by atoms with E-state index < -0.39 is 10.9 Å². The molecule has 1 amide bonds. The predicted octanol–water partition coefficient (Wildman–Crippen LogP) is 2.51. The van der Waals surface area contributed by atoms with Crippen molar-refractivity contribution in [1.29, 1.82) is 0 Å². The van der Waals surface area contributed by atoms with Crippen LogP contribution < -0.4 is 0 Å². The van der Waals surface area contributed by atoms with Crippen molar-refractivity contribution in [3.05, 3.63) is 75.3 Å². The van der Waals surface area contributed by atoms with E-state index in [1.54, 1.807) is 4.90 Å². The second-order valence-electron chi connectivity index (χ2n) is 6.70. The zero-order valence-electron chi connectivity index (χ0n) is 15.7. The molecule has 146 valence electrons. The number of likely N-dealkylation sites (N-methyl/N-ethyl adjacent to an activating group) is 1. The van der Waals surface area contributed by atoms with Gasteiger partial charge in [0.15, 0.2) is 0 Å². The lowest BCUT2D eigenvalue weighted by Gasteiger charge is -2.40. The van der Waals surface area contributed by atoms with Crippen molar-refractivity contribution in [1.82, 2.24) is 9.80 Å². The molecule has 0 saturated carbocycles. The molecule has 0 spiro atoms. The summed E-state index contributed by atoms with van der Waals surface area (Å²) < 4.78 is 4.66. The Morgan fingerprint density at radius 1 is 1.11 bits per heavy atom. The van der Waals surface area contributed by atoms with E-state index in [4.69, 9.17) is 0 Å². The van der Waals surface area contributed by atoms with Crippen LogP contribution in [0.5, 0.6) is 0 Å². The number of carbonyl (C=O) groups excluding carboxylic acids is 2. The molecule has 2 aromatic carbocycles. The van der Waals surface area contributed by atoms with Gasteiger partial charge in [-0.3, -0.25) is 14.9 Å². The predicted molar refractivity (Wildman–Crippen MR) is 102 cm³/mol. The minimum atomic E-state index is -0.726. The number of nitro benzene ring substituents is 1. The molecule has 1 unspecified atom stereocenters. The standard InChI is InChI=1S/C20H21N3O5/c1-21-8-9-22(18(13-21)14-6-4-3-5-7-14)19(24)15-10-16(20(25)28-2)12-17(11-15)23(26)27/h3-7,10-12,18H,8-9,13H2,1-2H3. The molecule has 0 N–H and O–H groups in total. The summed E-state index contributed by atoms with van der Waals surface area (Å²) in [5.41, 5.74) is 0.739. The molecule has 1 fully saturated rings. The number of benzene rings is 2. The van der Waals surface area contributed by atoms with Gasteiger partial charge in [-0.15, -0.1) is 0 Å². The number of hydrogen-bond acceptors (Lipinski definition) is 6. The van der Waals surface area contributed by atoms with Crippen LogP contribution in [0.3, 0.4) is 0 Å². The lowest BCUT2D eigenvalue weighted by Crippen LogP contribution is -2.49. The molecule has 1 saturated heterocycles. The molecular weight excluding hydrogens is 362 g/mol. The third kappa shape index (κ3) is 4.01. The van der Waals surface area contributed by atoms with Gasteiger partial charge in [-0.25, -0.2) is 4.79 Å². The Bertz CT molecular complexity index is 900. The number of rotatable bonds is 4. The van der Waals surface area contributed by atoms with Gasteiger partial charge in [-0.2, -0.15) is 0 Å². The van der Waals surface area contributed by atoms with Gasteiger partial charge in [0.05, 0.1) is 23.6 Å². The summed E-state index contributed by atoms with van der Waals surface area (Å²) >= 11 is 0. The van der Waals surface area contributed by atoms with Crippen molar-refractivity contribution < 1.29 is 19.2 Å². The Morgan fingerprint density at radius 2 is 1.79 bits per heavy atom. The molecule has 1 heterocycles. The molecule has 1 atom stereocenters. The number of nitro groups is 1. The number of non-ortho nitro benzene ring substituents is 1. The minimum Gasteiger partial charge on any atom is -0.465 e. The van der Waals surface area contributed by atoms with Crippen LogP contribution in [0.2, 0.25) is 0 Å². The van der Waals surface area contributed by atoms with E-state index in [2.05, 4.69) is 9.64 Å². The zero-order valence-corrected chi connectivity index (χ0v) is 15.7. The Labute approximate surface area is 162 Å². The van der Waals surface area contributed by atoms with Crippen LogP contribution in [0.4, 0.5) is 5.69 Å². The lowest BCUT2D eigenvalue weighted by atomic mass is 10.0. The van der Waals surface area contributed by atoms with Gasteiger partial charge in [0.1, 0.15) is 0 Å². The Balaban J connectivity index is 2.00. The zero-order chi connectivity index (χ0) is 20.3. The van der Waals surface area contributed by atoms with E-state index in [1.807, 2.05) is 37.4 Å². The highest BCUT2D eigenvalue weighted by molar-refractivity contribution is 5.99. The first-order chi connectivity index (χ1) is 13.4. The molecule has 0 bridgehead atoms. The van der Waals surface area contributed by atoms with Crippen molar-refractivity contribution in [3.8, 4) is 0 Å². The van der Waals surface area contributed by atoms with Crippen LogP contribution in [0, 0.1) is 10.1 Å². The fourth-order valence-electron chi connectivity index (χ4n) is 3.36. The van der Waals surface area contributed by atoms with Crippen molar-refractivity contribution in [2.75, 3.05) is 33.8 Å². The number of methoxy groups -OCH3 is 1. The van der Waals surface area contributed by atoms with E-state index in [0.29, 0.717) is 19.6 Å². The van der Waals surface area contributed by atoms with Gasteiger partial charge in [0.2, 0.25) is 0 Å². The number of hydrogen-bond donors (Lipinski definition) is 0. The van der Waals surface area contributed by atoms with Gasteiger partial charge < -0.3 is 14.5 Å². The summed E-state index contributed by atoms with van der Waals surface area (Å²) in [5.74, 6) is -1.08. The van der Waals surface area contributed by atoms with Crippen molar-refractivity contribution >= 4 is 17.6 Å². The highest BCUT2D eigenvalue weighted by Crippen LogP contribution is 2.28. The van der Waals surface area contributed by atoms with E-state index in [1.165, 1.54) is 19.2 Å². The van der Waals surface area contributed by atoms with E-state index in [-0.39, 0.29) is 28.8 Å². The topological polar surface area (TPSA) is 93.0 Å². The number of amides is 1. The van der Waals surface area contributed by atoms with Crippen molar-refractivity contribution in [3.63, 3.8) is 0 Å². The van der Waals surface area contributed by atoms with E-state index >= 15 is 0 Å². The first kappa shape index (κ1) is 19.5. The molecule has 1 aliphatic heterocycles. The molecule has 1 aliphatic rings. The minimum absolute atomic E-state index is 0.0227. The number of ether oxygens (including phenoxy) is 1. The number of piperazine rings is 1. The fourth-order valence-corrected chi connectivity index (χ4v) is 3.36. The highest BCUT2D eigenvalue weighted by Gasteiger charge is 2.32. The summed E-state index contributed by atoms with van der Waals surface area (Å²) in [6.07, 6.45) is 0. The number of esters is 1. The molecule has 0 radical (unpaired) electrons. The number of nitrogens with zero attached hydrogens (tertiary/aromatic N) is 3. The first-order valence-electron chi connectivity index (χ1n) is 8.83. The molecule has 8 nitrogen and oxygen atoms in total. The third-order valence-electron chi connectivity index (χ3n) is 4.83. The third-order valence-corrected chi connectivity index (χ3v) is 4.83. The summed E-state index contributed by atoms with van der Waals surface area (Å²) in [5, 5.41) is 11.3. The maximum Gasteiger partial charge on any atom is 0.338 e. The molecule has 0 aliphatic carbocycles. The smallest absolute Gasteiger partial charge is 0.338 e. The van der Waals surface area contributed by atoms with Gasteiger partial charge in [0.25, 0.3) is 11.6 Å². The Morgan fingerprint density at radius 3 is 2.43 bits per heavy atom. The lowest BCUT2D eigenvalue weighted by molar-refractivity contribution is -0.384. The van der Waals surface area contributed by atoms with Crippen molar-refractivity contribution in [2.45, 2.75) is 6.04 Å². The van der Waals surface area contributed by atoms with Crippen LogP contribution in [0.1, 0.15) is 32.3 Å². The van der Waals surface area contributed by atoms with Crippen LogP contribution in [-0.2, 0) is 4.74 Å². The second-order valence-corrected chi connectivity index (χ2v) is 6.70. The molecule has 28 heavy (non-hydrogen) atoms. The van der Waals surface area contributed by atoms with Crippen LogP contribution in [-0.4, -0.2) is 60.4 Å². The second kappa shape index (κ2) is 8.18.